The van der Waals surface area contributed by atoms with Crippen LogP contribution in [-0.2, 0) is 6.54 Å². The predicted octanol–water partition coefficient (Wildman–Crippen LogP) is 2.77. The molecule has 0 bridgehead atoms. The lowest BCUT2D eigenvalue weighted by Gasteiger charge is -2.38. The van der Waals surface area contributed by atoms with Crippen LogP contribution in [0.3, 0.4) is 0 Å². The van der Waals surface area contributed by atoms with Crippen molar-refractivity contribution in [3.05, 3.63) is 46.4 Å². The van der Waals surface area contributed by atoms with Crippen molar-refractivity contribution in [1.29, 1.82) is 0 Å². The molecule has 2 aromatic rings. The summed E-state index contributed by atoms with van der Waals surface area (Å²) in [6, 6.07) is 7.33. The number of halogens is 1. The topological polar surface area (TPSA) is 54.5 Å². The molecule has 1 aliphatic rings. The second kappa shape index (κ2) is 6.32. The monoisotopic (exact) mass is 323 g/mol. The van der Waals surface area contributed by atoms with E-state index in [2.05, 4.69) is 10.3 Å². The van der Waals surface area contributed by atoms with Crippen LogP contribution < -0.4 is 10.1 Å². The number of nitrogens with zero attached hydrogens (tertiary/aromatic N) is 2. The summed E-state index contributed by atoms with van der Waals surface area (Å²) in [7, 11) is 0. The van der Waals surface area contributed by atoms with Crippen LogP contribution in [-0.4, -0.2) is 35.1 Å². The average molecular weight is 324 g/mol. The number of hydrogen-bond acceptors (Lipinski definition) is 4. The molecule has 0 aliphatic carbocycles. The Morgan fingerprint density at radius 1 is 1.43 bits per heavy atom. The fourth-order valence-electron chi connectivity index (χ4n) is 1.98. The molecule has 0 unspecified atom stereocenters. The number of rotatable bonds is 4. The molecule has 1 aliphatic heterocycles. The minimum absolute atomic E-state index is 0.0393. The van der Waals surface area contributed by atoms with E-state index in [9.17, 15) is 4.79 Å². The second-order valence-corrected chi connectivity index (χ2v) is 6.02. The third kappa shape index (κ3) is 3.65. The smallest absolute Gasteiger partial charge is 0.317 e. The molecule has 2 heterocycles. The van der Waals surface area contributed by atoms with E-state index >= 15 is 0 Å². The Morgan fingerprint density at radius 3 is 2.86 bits per heavy atom. The van der Waals surface area contributed by atoms with E-state index in [0.29, 0.717) is 29.9 Å². The predicted molar refractivity (Wildman–Crippen MR) is 81.8 cm³/mol. The van der Waals surface area contributed by atoms with Crippen LogP contribution in [0.15, 0.2) is 35.8 Å². The molecule has 1 fully saturated rings. The van der Waals surface area contributed by atoms with Gasteiger partial charge in [-0.05, 0) is 17.7 Å². The molecule has 0 atom stereocenters. The number of carbonyl (C=O) groups is 1. The highest BCUT2D eigenvalue weighted by molar-refractivity contribution is 7.11. The van der Waals surface area contributed by atoms with Gasteiger partial charge in [-0.15, -0.1) is 0 Å². The summed E-state index contributed by atoms with van der Waals surface area (Å²) in [6.07, 6.45) is 1.74. The van der Waals surface area contributed by atoms with Gasteiger partial charge < -0.3 is 15.0 Å². The van der Waals surface area contributed by atoms with E-state index in [4.69, 9.17) is 16.3 Å². The van der Waals surface area contributed by atoms with E-state index in [1.807, 2.05) is 29.6 Å². The van der Waals surface area contributed by atoms with Crippen LogP contribution in [0.25, 0.3) is 0 Å². The van der Waals surface area contributed by atoms with Gasteiger partial charge >= 0.3 is 6.03 Å². The summed E-state index contributed by atoms with van der Waals surface area (Å²) < 4.78 is 5.62. The average Bonchev–Trinajstić information content (AvgIpc) is 2.94. The van der Waals surface area contributed by atoms with E-state index in [0.717, 1.165) is 5.56 Å². The van der Waals surface area contributed by atoms with Crippen molar-refractivity contribution < 1.29 is 9.53 Å². The summed E-state index contributed by atoms with van der Waals surface area (Å²) in [5, 5.41) is 6.08. The fourth-order valence-corrected chi connectivity index (χ4v) is 2.66. The summed E-state index contributed by atoms with van der Waals surface area (Å²) in [5.74, 6) is 0. The lowest BCUT2D eigenvalue weighted by Crippen LogP contribution is -2.58. The largest absolute Gasteiger partial charge is 0.463 e. The maximum absolute atomic E-state index is 11.9. The molecule has 7 heteroatoms. The summed E-state index contributed by atoms with van der Waals surface area (Å²) in [4.78, 5) is 17.7. The molecule has 5 nitrogen and oxygen atoms in total. The highest BCUT2D eigenvalue weighted by Crippen LogP contribution is 2.20. The van der Waals surface area contributed by atoms with Crippen molar-refractivity contribution in [3.63, 3.8) is 0 Å². The third-order valence-electron chi connectivity index (χ3n) is 3.17. The number of aromatic nitrogens is 1. The Balaban J connectivity index is 1.40. The fraction of sp³-hybridized carbons (Fsp3) is 0.286. The molecule has 1 saturated heterocycles. The van der Waals surface area contributed by atoms with Crippen molar-refractivity contribution in [2.75, 3.05) is 13.1 Å². The molecular weight excluding hydrogens is 310 g/mol. The highest BCUT2D eigenvalue weighted by Gasteiger charge is 2.32. The van der Waals surface area contributed by atoms with Gasteiger partial charge in [-0.2, -0.15) is 0 Å². The summed E-state index contributed by atoms with van der Waals surface area (Å²) in [6.45, 7) is 1.67. The molecule has 1 aromatic heterocycles. The zero-order valence-electron chi connectivity index (χ0n) is 11.2. The number of benzene rings is 1. The van der Waals surface area contributed by atoms with Gasteiger partial charge in [0.1, 0.15) is 6.10 Å². The van der Waals surface area contributed by atoms with Gasteiger partial charge in [-0.1, -0.05) is 35.1 Å². The number of urea groups is 1. The van der Waals surface area contributed by atoms with Crippen LogP contribution in [0, 0.1) is 0 Å². The minimum atomic E-state index is -0.0797. The number of carbonyl (C=O) groups excluding carboxylic acids is 1. The number of ether oxygens (including phenoxy) is 1. The Labute approximate surface area is 131 Å². The van der Waals surface area contributed by atoms with Gasteiger partial charge in [0.15, 0.2) is 0 Å². The van der Waals surface area contributed by atoms with Crippen molar-refractivity contribution in [1.82, 2.24) is 15.2 Å². The molecule has 21 heavy (non-hydrogen) atoms. The number of thiazole rings is 1. The van der Waals surface area contributed by atoms with Crippen LogP contribution in [0.5, 0.6) is 5.19 Å². The van der Waals surface area contributed by atoms with Crippen molar-refractivity contribution >= 4 is 29.0 Å². The summed E-state index contributed by atoms with van der Waals surface area (Å²) >= 11 is 7.27. The molecule has 0 spiro atoms. The Bertz CT molecular complexity index is 597. The lowest BCUT2D eigenvalue weighted by molar-refractivity contribution is 0.0442. The number of amides is 2. The molecule has 0 radical (unpaired) electrons. The number of nitrogens with one attached hydrogen (secondary N) is 1. The van der Waals surface area contributed by atoms with E-state index in [1.54, 1.807) is 11.1 Å². The van der Waals surface area contributed by atoms with Gasteiger partial charge in [0.2, 0.25) is 0 Å². The molecule has 0 saturated carbocycles. The molecule has 3 rings (SSSR count). The first-order valence-electron chi connectivity index (χ1n) is 6.54. The molecule has 2 amide bonds. The first-order chi connectivity index (χ1) is 10.2. The number of hydrogen-bond donors (Lipinski definition) is 1. The first kappa shape index (κ1) is 14.2. The van der Waals surface area contributed by atoms with Crippen LogP contribution in [0.1, 0.15) is 5.56 Å². The minimum Gasteiger partial charge on any atom is -0.463 e. The van der Waals surface area contributed by atoms with E-state index in [1.165, 1.54) is 11.3 Å². The van der Waals surface area contributed by atoms with E-state index in [-0.39, 0.29) is 12.1 Å². The zero-order valence-corrected chi connectivity index (χ0v) is 12.7. The van der Waals surface area contributed by atoms with Crippen molar-refractivity contribution in [2.24, 2.45) is 0 Å². The maximum Gasteiger partial charge on any atom is 0.317 e. The summed E-state index contributed by atoms with van der Waals surface area (Å²) in [5.41, 5.74) is 1.02. The normalized spacial score (nSPS) is 14.6. The van der Waals surface area contributed by atoms with Crippen molar-refractivity contribution in [3.8, 4) is 5.19 Å². The number of likely N-dealkylation sites (tertiary alicyclic amines) is 1. The Hall–Kier alpha value is -1.79. The SMILES string of the molecule is O=C(NCc1ccc(Cl)cc1)N1CC(Oc2nccs2)C1. The lowest BCUT2D eigenvalue weighted by atomic mass is 10.2. The Morgan fingerprint density at radius 2 is 2.19 bits per heavy atom. The zero-order chi connectivity index (χ0) is 14.7. The van der Waals surface area contributed by atoms with Crippen LogP contribution in [0.4, 0.5) is 4.79 Å². The molecule has 1 N–H and O–H groups in total. The van der Waals surface area contributed by atoms with E-state index < -0.39 is 0 Å². The van der Waals surface area contributed by atoms with Crippen LogP contribution >= 0.6 is 22.9 Å². The van der Waals surface area contributed by atoms with Crippen LogP contribution in [0.2, 0.25) is 5.02 Å². The maximum atomic E-state index is 11.9. The first-order valence-corrected chi connectivity index (χ1v) is 7.80. The third-order valence-corrected chi connectivity index (χ3v) is 4.08. The van der Waals surface area contributed by atoms with Gasteiger partial charge in [0, 0.05) is 23.1 Å². The van der Waals surface area contributed by atoms with Gasteiger partial charge in [-0.3, -0.25) is 0 Å². The molecular formula is C14H14ClN3O2S. The standard InChI is InChI=1S/C14H14ClN3O2S/c15-11-3-1-10(2-4-11)7-17-13(19)18-8-12(9-18)20-14-16-5-6-21-14/h1-6,12H,7-9H2,(H,17,19). The van der Waals surface area contributed by atoms with Gasteiger partial charge in [0.25, 0.3) is 5.19 Å². The van der Waals surface area contributed by atoms with Gasteiger partial charge in [-0.25, -0.2) is 9.78 Å². The molecule has 1 aromatic carbocycles. The second-order valence-electron chi connectivity index (χ2n) is 4.73. The van der Waals surface area contributed by atoms with Gasteiger partial charge in [0.05, 0.1) is 13.1 Å². The molecule has 110 valence electrons. The quantitative estimate of drug-likeness (QED) is 0.941. The van der Waals surface area contributed by atoms with Crippen molar-refractivity contribution in [2.45, 2.75) is 12.6 Å². The Kier molecular flexibility index (Phi) is 4.26. The highest BCUT2D eigenvalue weighted by atomic mass is 35.5.